The zero-order valence-electron chi connectivity index (χ0n) is 24.3. The lowest BCUT2D eigenvalue weighted by Crippen LogP contribution is -3.00. The van der Waals surface area contributed by atoms with Gasteiger partial charge in [0.05, 0.1) is 26.8 Å². The highest BCUT2D eigenvalue weighted by Gasteiger charge is 2.21. The normalized spacial score (nSPS) is 11.7. The molecule has 0 heterocycles. The number of unbranched alkanes of at least 4 members (excludes halogenated alkanes) is 18. The molecule has 0 saturated heterocycles. The molecule has 0 unspecified atom stereocenters. The van der Waals surface area contributed by atoms with Gasteiger partial charge in [-0.25, -0.2) is 0 Å². The first-order valence-corrected chi connectivity index (χ1v) is 15.4. The number of halogens is 1. The van der Waals surface area contributed by atoms with Crippen LogP contribution in [-0.4, -0.2) is 51.3 Å². The van der Waals surface area contributed by atoms with E-state index in [0.29, 0.717) is 0 Å². The molecule has 0 aliphatic carbocycles. The summed E-state index contributed by atoms with van der Waals surface area (Å²) in [5, 5.41) is 0. The average molecular weight is 566 g/mol. The van der Waals surface area contributed by atoms with E-state index in [-0.39, 0.29) is 17.0 Å². The second-order valence-corrected chi connectivity index (χ2v) is 10.9. The summed E-state index contributed by atoms with van der Waals surface area (Å²) >= 11 is 0. The lowest BCUT2D eigenvalue weighted by molar-refractivity contribution is -0.945. The van der Waals surface area contributed by atoms with E-state index in [4.69, 9.17) is 15.2 Å². The second kappa shape index (κ2) is 30.5. The minimum absolute atomic E-state index is 0. The van der Waals surface area contributed by atoms with Crippen LogP contribution in [0.25, 0.3) is 0 Å². The second-order valence-electron chi connectivity index (χ2n) is 10.9. The van der Waals surface area contributed by atoms with Crippen LogP contribution in [0.4, 0.5) is 0 Å². The molecule has 0 aliphatic rings. The van der Waals surface area contributed by atoms with Gasteiger partial charge in [-0.1, -0.05) is 129 Å². The van der Waals surface area contributed by atoms with Gasteiger partial charge < -0.3 is 32.2 Å². The predicted molar refractivity (Wildman–Crippen MR) is 150 cm³/mol. The highest BCUT2D eigenvalue weighted by Crippen LogP contribution is 2.13. The van der Waals surface area contributed by atoms with Gasteiger partial charge >= 0.3 is 0 Å². The summed E-state index contributed by atoms with van der Waals surface area (Å²) in [6.45, 7) is 9.60. The fourth-order valence-electron chi connectivity index (χ4n) is 4.59. The Balaban J connectivity index is 0. The standard InChI is InChI=1S/C30H65N2O2.BrH/c1-4-6-8-10-12-14-16-18-20-22-27-33-29-32(3,26-24-25-31)30-34-28-23-21-19-17-15-13-11-9-7-5-2;/h4-31H2,1-3H3;1H/q+1;/p-1. The Morgan fingerprint density at radius 3 is 1.11 bits per heavy atom. The molecule has 0 fully saturated rings. The number of nitrogens with two attached hydrogens (primary N) is 1. The van der Waals surface area contributed by atoms with E-state index >= 15 is 0 Å². The van der Waals surface area contributed by atoms with Gasteiger partial charge in [0.1, 0.15) is 0 Å². The Hall–Kier alpha value is 0.320. The van der Waals surface area contributed by atoms with Crippen LogP contribution in [0.1, 0.15) is 149 Å². The molecule has 0 bridgehead atoms. The molecule has 4 nitrogen and oxygen atoms in total. The molecule has 0 amide bonds. The molecule has 0 aromatic carbocycles. The highest BCUT2D eigenvalue weighted by atomic mass is 79.9. The quantitative estimate of drug-likeness (QED) is 0.0732. The van der Waals surface area contributed by atoms with Crippen LogP contribution in [-0.2, 0) is 9.47 Å². The third-order valence-corrected chi connectivity index (χ3v) is 6.99. The molecular formula is C30H65BrN2O2. The molecule has 2 N–H and O–H groups in total. The molecule has 5 heteroatoms. The molecule has 0 aromatic rings. The van der Waals surface area contributed by atoms with Crippen molar-refractivity contribution in [3.63, 3.8) is 0 Å². The number of ether oxygens (including phenoxy) is 2. The van der Waals surface area contributed by atoms with Crippen molar-refractivity contribution in [1.82, 2.24) is 0 Å². The fraction of sp³-hybridized carbons (Fsp3) is 1.00. The van der Waals surface area contributed by atoms with Crippen LogP contribution in [0.5, 0.6) is 0 Å². The van der Waals surface area contributed by atoms with E-state index in [1.54, 1.807) is 0 Å². The van der Waals surface area contributed by atoms with Gasteiger partial charge in [-0.15, -0.1) is 0 Å². The lowest BCUT2D eigenvalue weighted by Gasteiger charge is -2.33. The van der Waals surface area contributed by atoms with Crippen molar-refractivity contribution in [2.45, 2.75) is 149 Å². The molecule has 0 spiro atoms. The van der Waals surface area contributed by atoms with Gasteiger partial charge in [-0.2, -0.15) is 0 Å². The van der Waals surface area contributed by atoms with Gasteiger partial charge in [0, 0.05) is 6.42 Å². The molecular weight excluding hydrogens is 500 g/mol. The minimum Gasteiger partial charge on any atom is -1.00 e. The summed E-state index contributed by atoms with van der Waals surface area (Å²) in [6.07, 6.45) is 28.4. The van der Waals surface area contributed by atoms with Crippen molar-refractivity contribution in [3.8, 4) is 0 Å². The van der Waals surface area contributed by atoms with Gasteiger partial charge in [-0.3, -0.25) is 4.48 Å². The molecule has 0 saturated carbocycles. The summed E-state index contributed by atoms with van der Waals surface area (Å²) in [5.41, 5.74) is 5.78. The van der Waals surface area contributed by atoms with Gasteiger partial charge in [0.15, 0.2) is 13.5 Å². The van der Waals surface area contributed by atoms with Gasteiger partial charge in [0.2, 0.25) is 0 Å². The Morgan fingerprint density at radius 1 is 0.486 bits per heavy atom. The number of quaternary nitrogens is 1. The van der Waals surface area contributed by atoms with E-state index in [1.807, 2.05) is 0 Å². The average Bonchev–Trinajstić information content (AvgIpc) is 2.84. The van der Waals surface area contributed by atoms with E-state index in [9.17, 15) is 0 Å². The van der Waals surface area contributed by atoms with Gasteiger partial charge in [0.25, 0.3) is 0 Å². The third-order valence-electron chi connectivity index (χ3n) is 6.99. The monoisotopic (exact) mass is 564 g/mol. The molecule has 0 radical (unpaired) electrons. The maximum absolute atomic E-state index is 6.08. The summed E-state index contributed by atoms with van der Waals surface area (Å²) in [6, 6.07) is 0. The van der Waals surface area contributed by atoms with Crippen LogP contribution >= 0.6 is 0 Å². The van der Waals surface area contributed by atoms with Crippen molar-refractivity contribution >= 4 is 0 Å². The number of hydrogen-bond acceptors (Lipinski definition) is 3. The Bertz CT molecular complexity index is 357. The van der Waals surface area contributed by atoms with Crippen LogP contribution in [0.2, 0.25) is 0 Å². The summed E-state index contributed by atoms with van der Waals surface area (Å²) < 4.78 is 13.0. The first-order valence-electron chi connectivity index (χ1n) is 15.4. The maximum atomic E-state index is 6.08. The molecule has 0 aliphatic heterocycles. The summed E-state index contributed by atoms with van der Waals surface area (Å²) in [5.74, 6) is 0. The van der Waals surface area contributed by atoms with Crippen molar-refractivity contribution in [1.29, 1.82) is 0 Å². The predicted octanol–water partition coefficient (Wildman–Crippen LogP) is 5.58. The molecule has 0 atom stereocenters. The Labute approximate surface area is 231 Å². The Kier molecular flexibility index (Phi) is 32.7. The number of rotatable bonds is 29. The molecule has 0 aromatic heterocycles. The maximum Gasteiger partial charge on any atom is 0.184 e. The van der Waals surface area contributed by atoms with Crippen molar-refractivity contribution in [2.75, 3.05) is 46.8 Å². The van der Waals surface area contributed by atoms with Crippen molar-refractivity contribution < 1.29 is 30.9 Å². The van der Waals surface area contributed by atoms with E-state index < -0.39 is 0 Å². The van der Waals surface area contributed by atoms with Crippen LogP contribution in [0, 0.1) is 0 Å². The zero-order chi connectivity index (χ0) is 25.0. The topological polar surface area (TPSA) is 44.5 Å². The zero-order valence-corrected chi connectivity index (χ0v) is 25.9. The van der Waals surface area contributed by atoms with Crippen molar-refractivity contribution in [2.24, 2.45) is 5.73 Å². The first kappa shape index (κ1) is 37.5. The molecule has 214 valence electrons. The first-order chi connectivity index (χ1) is 16.7. The number of hydrogen-bond donors (Lipinski definition) is 1. The minimum atomic E-state index is 0. The van der Waals surface area contributed by atoms with Crippen LogP contribution < -0.4 is 22.7 Å². The van der Waals surface area contributed by atoms with E-state index in [1.165, 1.54) is 128 Å². The number of nitrogens with zero attached hydrogens (tertiary/aromatic N) is 1. The largest absolute Gasteiger partial charge is 1.00 e. The fourth-order valence-corrected chi connectivity index (χ4v) is 4.59. The van der Waals surface area contributed by atoms with Crippen LogP contribution in [0.15, 0.2) is 0 Å². The van der Waals surface area contributed by atoms with Gasteiger partial charge in [-0.05, 0) is 19.4 Å². The van der Waals surface area contributed by atoms with E-state index in [2.05, 4.69) is 20.9 Å². The highest BCUT2D eigenvalue weighted by molar-refractivity contribution is 4.48. The van der Waals surface area contributed by atoms with Crippen LogP contribution in [0.3, 0.4) is 0 Å². The summed E-state index contributed by atoms with van der Waals surface area (Å²) in [4.78, 5) is 0. The molecule has 0 rings (SSSR count). The smallest absolute Gasteiger partial charge is 0.184 e. The Morgan fingerprint density at radius 2 is 0.800 bits per heavy atom. The third kappa shape index (κ3) is 28.7. The molecule has 35 heavy (non-hydrogen) atoms. The van der Waals surface area contributed by atoms with Crippen molar-refractivity contribution in [3.05, 3.63) is 0 Å². The summed E-state index contributed by atoms with van der Waals surface area (Å²) in [7, 11) is 2.26. The SMILES string of the molecule is CCCCCCCCCCCCOC[N+](C)(CCCN)COCCCCCCCCCCCC.[Br-]. The lowest BCUT2D eigenvalue weighted by atomic mass is 10.1. The van der Waals surface area contributed by atoms with E-state index in [0.717, 1.165) is 50.7 Å².